The number of rotatable bonds is 2. The lowest BCUT2D eigenvalue weighted by Gasteiger charge is -2.37. The summed E-state index contributed by atoms with van der Waals surface area (Å²) in [6, 6.07) is -2.07. The highest BCUT2D eigenvalue weighted by Gasteiger charge is 2.39. The molecule has 3 atom stereocenters. The molecule has 0 radical (unpaired) electrons. The van der Waals surface area contributed by atoms with Crippen molar-refractivity contribution in [3.63, 3.8) is 0 Å². The van der Waals surface area contributed by atoms with Crippen LogP contribution in [0.2, 0.25) is 0 Å². The normalized spacial score (nSPS) is 26.2. The average Bonchev–Trinajstić information content (AvgIpc) is 2.31. The van der Waals surface area contributed by atoms with Crippen LogP contribution >= 0.6 is 0 Å². The van der Waals surface area contributed by atoms with Gasteiger partial charge < -0.3 is 9.64 Å². The van der Waals surface area contributed by atoms with E-state index in [1.807, 2.05) is 0 Å². The fraction of sp³-hybridized carbons (Fsp3) is 0.900. The Morgan fingerprint density at radius 2 is 1.90 bits per heavy atom. The number of alkyl halides is 1. The molecule has 1 heterocycles. The third kappa shape index (κ3) is 4.18. The average molecular weight is 285 g/mol. The van der Waals surface area contributed by atoms with E-state index in [9.17, 15) is 9.18 Å². The molecule has 0 aromatic carbocycles. The van der Waals surface area contributed by atoms with E-state index in [1.165, 1.54) is 0 Å². The lowest BCUT2D eigenvalue weighted by atomic mass is 9.99. The van der Waals surface area contributed by atoms with Gasteiger partial charge in [0, 0.05) is 16.4 Å². The Balaban J connectivity index is 2.87. The predicted molar refractivity (Wildman–Crippen MR) is 68.6 cm³/mol. The number of carbonyl (C=O) groups is 1. The van der Waals surface area contributed by atoms with Gasteiger partial charge in [0.1, 0.15) is 11.8 Å². The maximum absolute atomic E-state index is 14.0. The molecule has 1 aliphatic heterocycles. The number of nitrogens with zero attached hydrogens (tertiary/aromatic N) is 7. The molecule has 0 saturated carbocycles. The number of hydrogen-bond acceptors (Lipinski definition) is 4. The summed E-state index contributed by atoms with van der Waals surface area (Å²) in [6.45, 7) is 4.75. The maximum Gasteiger partial charge on any atom is 0.410 e. The van der Waals surface area contributed by atoms with Crippen LogP contribution in [-0.2, 0) is 4.74 Å². The van der Waals surface area contributed by atoms with Gasteiger partial charge in [-0.25, -0.2) is 9.18 Å². The van der Waals surface area contributed by atoms with E-state index >= 15 is 0 Å². The molecule has 110 valence electrons. The standard InChI is InChI=1S/C10H16FN7O2/c1-10(2,3)20-9(19)18-4-6(11)8(15-17-13)7(5-18)14-16-12/h6-8H,4-5H2,1-3H3/t6-,7-,8+/m0/s1. The highest BCUT2D eigenvalue weighted by Crippen LogP contribution is 2.22. The number of ether oxygens (including phenoxy) is 1. The fourth-order valence-electron chi connectivity index (χ4n) is 1.82. The zero-order valence-electron chi connectivity index (χ0n) is 11.5. The van der Waals surface area contributed by atoms with Crippen LogP contribution in [0.15, 0.2) is 10.2 Å². The molecule has 1 amide bonds. The summed E-state index contributed by atoms with van der Waals surface area (Å²) in [6.07, 6.45) is -2.31. The van der Waals surface area contributed by atoms with E-state index in [4.69, 9.17) is 15.8 Å². The Hall–Kier alpha value is -2.18. The number of amides is 1. The largest absolute Gasteiger partial charge is 0.444 e. The van der Waals surface area contributed by atoms with Crippen molar-refractivity contribution < 1.29 is 13.9 Å². The molecule has 0 aromatic rings. The Labute approximate surface area is 114 Å². The van der Waals surface area contributed by atoms with Crippen LogP contribution in [0, 0.1) is 0 Å². The van der Waals surface area contributed by atoms with Gasteiger partial charge in [-0.2, -0.15) is 0 Å². The van der Waals surface area contributed by atoms with E-state index in [-0.39, 0.29) is 13.1 Å². The highest BCUT2D eigenvalue weighted by molar-refractivity contribution is 5.68. The van der Waals surface area contributed by atoms with Crippen molar-refractivity contribution in [1.82, 2.24) is 4.90 Å². The SMILES string of the molecule is CC(C)(C)OC(=O)N1C[C@H](N=[N+]=[N-])[C@H](N=[N+]=[N-])[C@@H](F)C1. The molecule has 0 aromatic heterocycles. The Bertz CT molecular complexity index is 465. The van der Waals surface area contributed by atoms with Crippen LogP contribution in [0.25, 0.3) is 20.9 Å². The van der Waals surface area contributed by atoms with Gasteiger partial charge in [0.05, 0.1) is 18.6 Å². The molecule has 1 saturated heterocycles. The van der Waals surface area contributed by atoms with Crippen LogP contribution in [-0.4, -0.2) is 47.9 Å². The van der Waals surface area contributed by atoms with Crippen molar-refractivity contribution >= 4 is 6.09 Å². The van der Waals surface area contributed by atoms with E-state index in [1.54, 1.807) is 20.8 Å². The number of halogens is 1. The van der Waals surface area contributed by atoms with Gasteiger partial charge in [0.15, 0.2) is 0 Å². The smallest absolute Gasteiger partial charge is 0.410 e. The first-order valence-corrected chi connectivity index (χ1v) is 5.99. The molecule has 1 fully saturated rings. The molecule has 20 heavy (non-hydrogen) atoms. The topological polar surface area (TPSA) is 127 Å². The van der Waals surface area contributed by atoms with Crippen molar-refractivity contribution in [1.29, 1.82) is 0 Å². The fourth-order valence-corrected chi connectivity index (χ4v) is 1.82. The van der Waals surface area contributed by atoms with Crippen LogP contribution in [0.3, 0.4) is 0 Å². The summed E-state index contributed by atoms with van der Waals surface area (Å²) in [4.78, 5) is 18.1. The zero-order valence-corrected chi connectivity index (χ0v) is 11.5. The molecule has 10 heteroatoms. The minimum Gasteiger partial charge on any atom is -0.444 e. The number of azide groups is 2. The summed E-state index contributed by atoms with van der Waals surface area (Å²) in [7, 11) is 0. The molecule has 1 rings (SSSR count). The van der Waals surface area contributed by atoms with Crippen molar-refractivity contribution in [2.24, 2.45) is 10.2 Å². The molecule has 0 N–H and O–H groups in total. The van der Waals surface area contributed by atoms with Gasteiger partial charge in [-0.1, -0.05) is 10.2 Å². The van der Waals surface area contributed by atoms with Crippen molar-refractivity contribution in [3.8, 4) is 0 Å². The van der Waals surface area contributed by atoms with Gasteiger partial charge in [-0.15, -0.1) is 0 Å². The van der Waals surface area contributed by atoms with Gasteiger partial charge in [-0.05, 0) is 31.8 Å². The quantitative estimate of drug-likeness (QED) is 0.439. The molecule has 0 aliphatic carbocycles. The first-order chi connectivity index (χ1) is 9.28. The number of carbonyl (C=O) groups excluding carboxylic acids is 1. The van der Waals surface area contributed by atoms with Crippen molar-refractivity contribution in [2.45, 2.75) is 44.6 Å². The van der Waals surface area contributed by atoms with Crippen LogP contribution < -0.4 is 0 Å². The first-order valence-electron chi connectivity index (χ1n) is 5.99. The van der Waals surface area contributed by atoms with Gasteiger partial charge >= 0.3 is 6.09 Å². The van der Waals surface area contributed by atoms with Crippen LogP contribution in [0.1, 0.15) is 20.8 Å². The third-order valence-corrected chi connectivity index (χ3v) is 2.60. The Kier molecular flexibility index (Phi) is 5.01. The monoisotopic (exact) mass is 285 g/mol. The van der Waals surface area contributed by atoms with Crippen molar-refractivity contribution in [2.75, 3.05) is 13.1 Å². The molecule has 1 aliphatic rings. The number of hydrogen-bond donors (Lipinski definition) is 0. The second-order valence-corrected chi connectivity index (χ2v) is 5.37. The molecule has 0 unspecified atom stereocenters. The molecule has 0 bridgehead atoms. The van der Waals surface area contributed by atoms with E-state index in [0.717, 1.165) is 4.90 Å². The predicted octanol–water partition coefficient (Wildman–Crippen LogP) is 2.93. The van der Waals surface area contributed by atoms with E-state index in [2.05, 4.69) is 20.1 Å². The zero-order chi connectivity index (χ0) is 15.3. The van der Waals surface area contributed by atoms with Gasteiger partial charge in [0.25, 0.3) is 0 Å². The lowest BCUT2D eigenvalue weighted by molar-refractivity contribution is 0.00869. The number of piperidine rings is 1. The molecule has 9 nitrogen and oxygen atoms in total. The molecule has 0 spiro atoms. The Morgan fingerprint density at radius 3 is 2.40 bits per heavy atom. The van der Waals surface area contributed by atoms with Crippen LogP contribution in [0.4, 0.5) is 9.18 Å². The minimum atomic E-state index is -1.61. The summed E-state index contributed by atoms with van der Waals surface area (Å²) in [5, 5.41) is 6.68. The number of likely N-dealkylation sites (tertiary alicyclic amines) is 1. The lowest BCUT2D eigenvalue weighted by Crippen LogP contribution is -2.54. The van der Waals surface area contributed by atoms with Crippen molar-refractivity contribution in [3.05, 3.63) is 20.9 Å². The molecular weight excluding hydrogens is 269 g/mol. The summed E-state index contributed by atoms with van der Waals surface area (Å²) in [5.74, 6) is 0. The van der Waals surface area contributed by atoms with Gasteiger partial charge in [-0.3, -0.25) is 0 Å². The summed E-state index contributed by atoms with van der Waals surface area (Å²) in [5.41, 5.74) is 16.2. The second kappa shape index (κ2) is 6.31. The van der Waals surface area contributed by atoms with E-state index < -0.39 is 29.9 Å². The van der Waals surface area contributed by atoms with Crippen LogP contribution in [0.5, 0.6) is 0 Å². The highest BCUT2D eigenvalue weighted by atomic mass is 19.1. The summed E-state index contributed by atoms with van der Waals surface area (Å²) >= 11 is 0. The Morgan fingerprint density at radius 1 is 1.30 bits per heavy atom. The second-order valence-electron chi connectivity index (χ2n) is 5.37. The minimum absolute atomic E-state index is 0.0525. The van der Waals surface area contributed by atoms with Gasteiger partial charge in [0.2, 0.25) is 0 Å². The molecular formula is C10H16FN7O2. The van der Waals surface area contributed by atoms with E-state index in [0.29, 0.717) is 0 Å². The maximum atomic E-state index is 14.0. The first kappa shape index (κ1) is 15.9. The summed E-state index contributed by atoms with van der Waals surface area (Å²) < 4.78 is 19.1. The third-order valence-electron chi connectivity index (χ3n) is 2.60.